The Hall–Kier alpha value is -1.76. The van der Waals surface area contributed by atoms with Gasteiger partial charge in [0.25, 0.3) is 0 Å². The number of fused-ring (bicyclic) bond motifs is 1. The van der Waals surface area contributed by atoms with Crippen LogP contribution in [0, 0.1) is 0 Å². The number of halogens is 3. The van der Waals surface area contributed by atoms with Gasteiger partial charge in [0.2, 0.25) is 0 Å². The van der Waals surface area contributed by atoms with E-state index >= 15 is 0 Å². The highest BCUT2D eigenvalue weighted by molar-refractivity contribution is 5.76. The summed E-state index contributed by atoms with van der Waals surface area (Å²) in [6.07, 6.45) is -4.14. The van der Waals surface area contributed by atoms with Crippen LogP contribution in [0.25, 0.3) is 0 Å². The number of hydrogen-bond donors (Lipinski definition) is 3. The van der Waals surface area contributed by atoms with Crippen LogP contribution < -0.4 is 10.6 Å². The van der Waals surface area contributed by atoms with Crippen molar-refractivity contribution in [2.24, 2.45) is 0 Å². The summed E-state index contributed by atoms with van der Waals surface area (Å²) in [6, 6.07) is 4.78. The SMILES string of the molecule is CC[C@H](CO)NC(=O)NC1(C(F)(F)F)CCc2ccccc21. The Morgan fingerprint density at radius 2 is 2.09 bits per heavy atom. The van der Waals surface area contributed by atoms with E-state index in [2.05, 4.69) is 10.6 Å². The Labute approximate surface area is 126 Å². The summed E-state index contributed by atoms with van der Waals surface area (Å²) < 4.78 is 41.0. The van der Waals surface area contributed by atoms with Crippen LogP contribution in [0.2, 0.25) is 0 Å². The second kappa shape index (κ2) is 6.16. The highest BCUT2D eigenvalue weighted by Gasteiger charge is 2.59. The van der Waals surface area contributed by atoms with Gasteiger partial charge in [-0.25, -0.2) is 4.79 Å². The summed E-state index contributed by atoms with van der Waals surface area (Å²) in [5.41, 5.74) is -1.69. The largest absolute Gasteiger partial charge is 0.415 e. The molecule has 0 spiro atoms. The third-order valence-corrected chi connectivity index (χ3v) is 4.11. The van der Waals surface area contributed by atoms with Gasteiger partial charge < -0.3 is 15.7 Å². The molecule has 2 rings (SSSR count). The van der Waals surface area contributed by atoms with Crippen LogP contribution >= 0.6 is 0 Å². The number of urea groups is 1. The van der Waals surface area contributed by atoms with Crippen LogP contribution in [0.5, 0.6) is 0 Å². The van der Waals surface area contributed by atoms with Gasteiger partial charge in [-0.15, -0.1) is 0 Å². The first-order valence-electron chi connectivity index (χ1n) is 7.18. The number of carbonyl (C=O) groups excluding carboxylic acids is 1. The van der Waals surface area contributed by atoms with Crippen LogP contribution in [0.15, 0.2) is 24.3 Å². The number of aryl methyl sites for hydroxylation is 1. The number of alkyl halides is 3. The topological polar surface area (TPSA) is 61.4 Å². The monoisotopic (exact) mass is 316 g/mol. The zero-order valence-corrected chi connectivity index (χ0v) is 12.2. The lowest BCUT2D eigenvalue weighted by atomic mass is 9.91. The molecule has 2 amide bonds. The lowest BCUT2D eigenvalue weighted by molar-refractivity contribution is -0.196. The molecule has 0 heterocycles. The molecule has 1 aliphatic carbocycles. The number of hydrogen-bond acceptors (Lipinski definition) is 2. The summed E-state index contributed by atoms with van der Waals surface area (Å²) in [7, 11) is 0. The van der Waals surface area contributed by atoms with Crippen molar-refractivity contribution in [3.63, 3.8) is 0 Å². The van der Waals surface area contributed by atoms with Crippen molar-refractivity contribution in [3.8, 4) is 0 Å². The van der Waals surface area contributed by atoms with Gasteiger partial charge in [-0.1, -0.05) is 31.2 Å². The quantitative estimate of drug-likeness (QED) is 0.799. The van der Waals surface area contributed by atoms with Crippen molar-refractivity contribution in [2.45, 2.75) is 43.9 Å². The number of amides is 2. The number of aliphatic hydroxyl groups excluding tert-OH is 1. The van der Waals surface area contributed by atoms with E-state index in [1.807, 2.05) is 0 Å². The van der Waals surface area contributed by atoms with Crippen molar-refractivity contribution in [1.29, 1.82) is 0 Å². The molecule has 0 aliphatic heterocycles. The van der Waals surface area contributed by atoms with Crippen molar-refractivity contribution in [1.82, 2.24) is 10.6 Å². The first kappa shape index (κ1) is 16.6. The zero-order valence-electron chi connectivity index (χ0n) is 12.2. The van der Waals surface area contributed by atoms with Gasteiger partial charge >= 0.3 is 12.2 Å². The van der Waals surface area contributed by atoms with Gasteiger partial charge in [-0.05, 0) is 30.4 Å². The molecule has 7 heteroatoms. The molecule has 1 aliphatic rings. The molecule has 1 aromatic carbocycles. The molecule has 22 heavy (non-hydrogen) atoms. The first-order chi connectivity index (χ1) is 10.3. The van der Waals surface area contributed by atoms with Crippen molar-refractivity contribution >= 4 is 6.03 Å². The van der Waals surface area contributed by atoms with Crippen molar-refractivity contribution < 1.29 is 23.1 Å². The lowest BCUT2D eigenvalue weighted by Crippen LogP contribution is -2.58. The van der Waals surface area contributed by atoms with Gasteiger partial charge in [0, 0.05) is 0 Å². The Balaban J connectivity index is 2.28. The average Bonchev–Trinajstić information content (AvgIpc) is 2.85. The van der Waals surface area contributed by atoms with E-state index in [4.69, 9.17) is 5.11 Å². The van der Waals surface area contributed by atoms with Crippen LogP contribution in [-0.4, -0.2) is 30.0 Å². The van der Waals surface area contributed by atoms with E-state index in [0.29, 0.717) is 12.0 Å². The van der Waals surface area contributed by atoms with Gasteiger partial charge in [0.1, 0.15) is 0 Å². The summed E-state index contributed by atoms with van der Waals surface area (Å²) in [4.78, 5) is 12.0. The Morgan fingerprint density at radius 3 is 2.68 bits per heavy atom. The second-order valence-corrected chi connectivity index (χ2v) is 5.45. The average molecular weight is 316 g/mol. The maximum absolute atomic E-state index is 13.7. The summed E-state index contributed by atoms with van der Waals surface area (Å²) in [6.45, 7) is 1.41. The van der Waals surface area contributed by atoms with E-state index in [1.54, 1.807) is 19.1 Å². The summed E-state index contributed by atoms with van der Waals surface area (Å²) >= 11 is 0. The fraction of sp³-hybridized carbons (Fsp3) is 0.533. The predicted octanol–water partition coefficient (Wildman–Crippen LogP) is 2.46. The van der Waals surface area contributed by atoms with Crippen molar-refractivity contribution in [3.05, 3.63) is 35.4 Å². The number of benzene rings is 1. The summed E-state index contributed by atoms with van der Waals surface area (Å²) in [5, 5.41) is 13.5. The van der Waals surface area contributed by atoms with Crippen molar-refractivity contribution in [2.75, 3.05) is 6.61 Å². The molecular weight excluding hydrogens is 297 g/mol. The normalized spacial score (nSPS) is 22.0. The van der Waals surface area contributed by atoms with Gasteiger partial charge in [0.05, 0.1) is 12.6 Å². The molecule has 2 atom stereocenters. The maximum Gasteiger partial charge on any atom is 0.415 e. The zero-order chi connectivity index (χ0) is 16.4. The lowest BCUT2D eigenvalue weighted by Gasteiger charge is -2.34. The number of aliphatic hydroxyl groups is 1. The molecular formula is C15H19F3N2O2. The maximum atomic E-state index is 13.7. The Bertz CT molecular complexity index is 544. The molecule has 1 unspecified atom stereocenters. The second-order valence-electron chi connectivity index (χ2n) is 5.45. The van der Waals surface area contributed by atoms with E-state index in [-0.39, 0.29) is 25.0 Å². The number of nitrogens with one attached hydrogen (secondary N) is 2. The smallest absolute Gasteiger partial charge is 0.394 e. The van der Waals surface area contributed by atoms with Crippen LogP contribution in [-0.2, 0) is 12.0 Å². The molecule has 0 saturated heterocycles. The molecule has 0 bridgehead atoms. The minimum Gasteiger partial charge on any atom is -0.394 e. The van der Waals surface area contributed by atoms with E-state index < -0.39 is 23.8 Å². The minimum atomic E-state index is -4.60. The number of rotatable bonds is 4. The highest BCUT2D eigenvalue weighted by atomic mass is 19.4. The molecule has 0 aromatic heterocycles. The molecule has 0 fully saturated rings. The fourth-order valence-corrected chi connectivity index (χ4v) is 2.80. The molecule has 1 aromatic rings. The van der Waals surface area contributed by atoms with Crippen LogP contribution in [0.3, 0.4) is 0 Å². The van der Waals surface area contributed by atoms with Gasteiger partial charge in [0.15, 0.2) is 5.54 Å². The van der Waals surface area contributed by atoms with E-state index in [9.17, 15) is 18.0 Å². The van der Waals surface area contributed by atoms with Crippen LogP contribution in [0.4, 0.5) is 18.0 Å². The highest BCUT2D eigenvalue weighted by Crippen LogP contribution is 2.47. The standard InChI is InChI=1S/C15H19F3N2O2/c1-2-11(9-21)19-13(22)20-14(15(16,17)18)8-7-10-5-3-4-6-12(10)14/h3-6,11,21H,2,7-9H2,1H3,(H2,19,20,22)/t11-,14?/m1/s1. The number of carbonyl (C=O) groups is 1. The molecule has 0 saturated carbocycles. The van der Waals surface area contributed by atoms with E-state index in [1.165, 1.54) is 12.1 Å². The van der Waals surface area contributed by atoms with Gasteiger partial charge in [-0.3, -0.25) is 0 Å². The van der Waals surface area contributed by atoms with Crippen LogP contribution in [0.1, 0.15) is 30.9 Å². The Kier molecular flexibility index (Phi) is 4.65. The predicted molar refractivity (Wildman–Crippen MR) is 75.3 cm³/mol. The van der Waals surface area contributed by atoms with E-state index in [0.717, 1.165) is 0 Å². The van der Waals surface area contributed by atoms with Gasteiger partial charge in [-0.2, -0.15) is 13.2 Å². The minimum absolute atomic E-state index is 0.0923. The summed E-state index contributed by atoms with van der Waals surface area (Å²) in [5.74, 6) is 0. The fourth-order valence-electron chi connectivity index (χ4n) is 2.80. The third kappa shape index (κ3) is 2.90. The molecule has 122 valence electrons. The molecule has 3 N–H and O–H groups in total. The molecule has 4 nitrogen and oxygen atoms in total. The first-order valence-corrected chi connectivity index (χ1v) is 7.18. The molecule has 0 radical (unpaired) electrons. The third-order valence-electron chi connectivity index (χ3n) is 4.11. The Morgan fingerprint density at radius 1 is 1.41 bits per heavy atom.